The molecule has 5 atom stereocenters. The number of benzene rings is 1. The lowest BCUT2D eigenvalue weighted by Gasteiger charge is -2.32. The normalized spacial score (nSPS) is 30.1. The van der Waals surface area contributed by atoms with Crippen molar-refractivity contribution in [3.8, 4) is 0 Å². The first kappa shape index (κ1) is 22.8. The van der Waals surface area contributed by atoms with E-state index in [9.17, 15) is 29.7 Å². The van der Waals surface area contributed by atoms with Crippen LogP contribution in [0.5, 0.6) is 0 Å². The van der Waals surface area contributed by atoms with Crippen molar-refractivity contribution in [3.63, 3.8) is 0 Å². The molecule has 0 bridgehead atoms. The van der Waals surface area contributed by atoms with E-state index in [4.69, 9.17) is 9.47 Å². The van der Waals surface area contributed by atoms with E-state index < -0.39 is 47.1 Å². The van der Waals surface area contributed by atoms with Gasteiger partial charge in [0.25, 0.3) is 11.5 Å². The summed E-state index contributed by atoms with van der Waals surface area (Å²) in [6, 6.07) is 7.82. The lowest BCUT2D eigenvalue weighted by molar-refractivity contribution is -0.163. The molecule has 3 rings (SSSR count). The Morgan fingerprint density at radius 3 is 2.52 bits per heavy atom. The van der Waals surface area contributed by atoms with Gasteiger partial charge in [-0.05, 0) is 13.3 Å². The number of hydrogen-bond donors (Lipinski definition) is 4. The van der Waals surface area contributed by atoms with E-state index in [1.807, 2.05) is 6.92 Å². The highest BCUT2D eigenvalue weighted by Crippen LogP contribution is 2.44. The Balaban J connectivity index is 1.99. The summed E-state index contributed by atoms with van der Waals surface area (Å²) in [5, 5.41) is 34.0. The van der Waals surface area contributed by atoms with Crippen molar-refractivity contribution in [3.05, 3.63) is 59.4 Å². The van der Waals surface area contributed by atoms with E-state index in [1.54, 1.807) is 24.3 Å². The van der Waals surface area contributed by atoms with Crippen LogP contribution in [0.15, 0.2) is 53.8 Å². The SMILES string of the molecule is CC/C=C/[C@H](O)[C@H](O)C1=C(C)C(=O)C2(O1)C(=O)N[C@@](OC)(C(=O)c1ccccc1)C2O. The second kappa shape index (κ2) is 8.35. The molecule has 9 nitrogen and oxygen atoms in total. The largest absolute Gasteiger partial charge is 0.467 e. The van der Waals surface area contributed by atoms with Gasteiger partial charge in [0.1, 0.15) is 18.0 Å². The smallest absolute Gasteiger partial charge is 0.278 e. The van der Waals surface area contributed by atoms with Crippen LogP contribution in [-0.4, -0.2) is 69.5 Å². The molecule has 0 saturated carbocycles. The third-order valence-corrected chi connectivity index (χ3v) is 5.58. The molecule has 0 aromatic heterocycles. The number of allylic oxidation sites excluding steroid dienone is 1. The Morgan fingerprint density at radius 1 is 1.29 bits per heavy atom. The van der Waals surface area contributed by atoms with Gasteiger partial charge in [-0.3, -0.25) is 14.4 Å². The minimum Gasteiger partial charge on any atom is -0.467 e. The maximum atomic E-state index is 13.1. The minimum atomic E-state index is -2.53. The Kier molecular flexibility index (Phi) is 6.15. The molecule has 1 spiro atoms. The van der Waals surface area contributed by atoms with E-state index >= 15 is 0 Å². The van der Waals surface area contributed by atoms with Gasteiger partial charge in [-0.2, -0.15) is 0 Å². The molecule has 2 aliphatic heterocycles. The first-order chi connectivity index (χ1) is 14.7. The summed E-state index contributed by atoms with van der Waals surface area (Å²) in [5.41, 5.74) is -4.83. The number of hydrogen-bond acceptors (Lipinski definition) is 8. The quantitative estimate of drug-likeness (QED) is 0.269. The molecule has 1 amide bonds. The highest BCUT2D eigenvalue weighted by Gasteiger charge is 2.74. The van der Waals surface area contributed by atoms with Crippen LogP contribution in [0, 0.1) is 0 Å². The monoisotopic (exact) mass is 431 g/mol. The number of ketones is 2. The standard InChI is InChI=1S/C22H25NO8/c1-4-5-11-14(24)15(25)16-12(2)17(26)21(31-16)19(28)22(30-3,23-20(21)29)18(27)13-9-7-6-8-10-13/h5-11,14-15,19,24-25,28H,4H2,1-3H3,(H,23,29)/b11-5+/t14-,15-,19?,21?,22+/m0/s1. The molecule has 1 saturated heterocycles. The number of ether oxygens (including phenoxy) is 2. The van der Waals surface area contributed by atoms with Crippen molar-refractivity contribution in [2.24, 2.45) is 0 Å². The van der Waals surface area contributed by atoms with Gasteiger partial charge in [0.15, 0.2) is 6.10 Å². The van der Waals surface area contributed by atoms with E-state index in [2.05, 4.69) is 5.32 Å². The van der Waals surface area contributed by atoms with E-state index in [-0.39, 0.29) is 16.9 Å². The Labute approximate surface area is 179 Å². The van der Waals surface area contributed by atoms with Gasteiger partial charge < -0.3 is 30.1 Å². The van der Waals surface area contributed by atoms with Crippen LogP contribution < -0.4 is 5.32 Å². The van der Waals surface area contributed by atoms with Crippen LogP contribution in [0.25, 0.3) is 0 Å². The van der Waals surface area contributed by atoms with Crippen molar-refractivity contribution in [2.45, 2.75) is 49.9 Å². The van der Waals surface area contributed by atoms with Gasteiger partial charge in [0.05, 0.1) is 0 Å². The Bertz CT molecular complexity index is 956. The molecule has 2 heterocycles. The maximum absolute atomic E-state index is 13.1. The first-order valence-electron chi connectivity index (χ1n) is 9.80. The second-order valence-electron chi connectivity index (χ2n) is 7.42. The maximum Gasteiger partial charge on any atom is 0.278 e. The van der Waals surface area contributed by atoms with Crippen molar-refractivity contribution in [2.75, 3.05) is 7.11 Å². The minimum absolute atomic E-state index is 0.135. The average molecular weight is 431 g/mol. The number of aliphatic hydroxyl groups excluding tert-OH is 3. The van der Waals surface area contributed by atoms with E-state index in [1.165, 1.54) is 25.1 Å². The van der Waals surface area contributed by atoms with Crippen molar-refractivity contribution >= 4 is 17.5 Å². The number of amides is 1. The zero-order chi connectivity index (χ0) is 23.0. The van der Waals surface area contributed by atoms with Crippen LogP contribution >= 0.6 is 0 Å². The molecular weight excluding hydrogens is 406 g/mol. The fourth-order valence-corrected chi connectivity index (χ4v) is 3.81. The number of Topliss-reactive ketones (excluding diaryl/α,β-unsaturated/α-hetero) is 2. The van der Waals surface area contributed by atoms with Crippen molar-refractivity contribution < 1.29 is 39.2 Å². The molecule has 166 valence electrons. The third-order valence-electron chi connectivity index (χ3n) is 5.58. The van der Waals surface area contributed by atoms with Gasteiger partial charge >= 0.3 is 0 Å². The molecule has 2 aliphatic rings. The molecule has 2 unspecified atom stereocenters. The molecule has 9 heteroatoms. The number of carbonyl (C=O) groups is 3. The summed E-state index contributed by atoms with van der Waals surface area (Å²) >= 11 is 0. The summed E-state index contributed by atoms with van der Waals surface area (Å²) in [6.45, 7) is 3.13. The number of rotatable bonds is 7. The van der Waals surface area contributed by atoms with Gasteiger partial charge in [0.2, 0.25) is 17.3 Å². The highest BCUT2D eigenvalue weighted by atomic mass is 16.6. The summed E-state index contributed by atoms with van der Waals surface area (Å²) in [4.78, 5) is 39.2. The average Bonchev–Trinajstić information content (AvgIpc) is 3.18. The molecular formula is C22H25NO8. The van der Waals surface area contributed by atoms with Crippen molar-refractivity contribution in [1.29, 1.82) is 0 Å². The zero-order valence-electron chi connectivity index (χ0n) is 17.4. The lowest BCUT2D eigenvalue weighted by Crippen LogP contribution is -2.60. The number of carbonyl (C=O) groups excluding carboxylic acids is 3. The molecule has 1 aromatic carbocycles. The molecule has 0 radical (unpaired) electrons. The van der Waals surface area contributed by atoms with Gasteiger partial charge in [0, 0.05) is 18.2 Å². The van der Waals surface area contributed by atoms with E-state index in [0.717, 1.165) is 7.11 Å². The predicted molar refractivity (Wildman–Crippen MR) is 108 cm³/mol. The summed E-state index contributed by atoms with van der Waals surface area (Å²) in [6.07, 6.45) is -1.60. The van der Waals surface area contributed by atoms with Crippen LogP contribution in [0.4, 0.5) is 0 Å². The summed E-state index contributed by atoms with van der Waals surface area (Å²) in [7, 11) is 1.11. The number of nitrogens with one attached hydrogen (secondary N) is 1. The van der Waals surface area contributed by atoms with Crippen LogP contribution in [0.3, 0.4) is 0 Å². The zero-order valence-corrected chi connectivity index (χ0v) is 17.4. The molecule has 1 aromatic rings. The molecule has 31 heavy (non-hydrogen) atoms. The molecule has 0 aliphatic carbocycles. The fourth-order valence-electron chi connectivity index (χ4n) is 3.81. The van der Waals surface area contributed by atoms with Crippen LogP contribution in [0.1, 0.15) is 30.6 Å². The Hall–Kier alpha value is -2.85. The van der Waals surface area contributed by atoms with Crippen LogP contribution in [0.2, 0.25) is 0 Å². The Morgan fingerprint density at radius 2 is 1.94 bits per heavy atom. The predicted octanol–water partition coefficient (Wildman–Crippen LogP) is 0.00280. The van der Waals surface area contributed by atoms with E-state index in [0.29, 0.717) is 6.42 Å². The van der Waals surface area contributed by atoms with Gasteiger partial charge in [-0.1, -0.05) is 49.4 Å². The van der Waals surface area contributed by atoms with Crippen LogP contribution in [-0.2, 0) is 19.1 Å². The lowest BCUT2D eigenvalue weighted by atomic mass is 9.85. The topological polar surface area (TPSA) is 142 Å². The number of aliphatic hydroxyl groups is 3. The summed E-state index contributed by atoms with van der Waals surface area (Å²) < 4.78 is 10.8. The second-order valence-corrected chi connectivity index (χ2v) is 7.42. The van der Waals surface area contributed by atoms with Crippen molar-refractivity contribution in [1.82, 2.24) is 5.32 Å². The molecule has 4 N–H and O–H groups in total. The van der Waals surface area contributed by atoms with Gasteiger partial charge in [-0.15, -0.1) is 0 Å². The third kappa shape index (κ3) is 3.30. The fraction of sp³-hybridized carbons (Fsp3) is 0.409. The first-order valence-corrected chi connectivity index (χ1v) is 9.80. The number of methoxy groups -OCH3 is 1. The van der Waals surface area contributed by atoms with Gasteiger partial charge in [-0.25, -0.2) is 0 Å². The summed E-state index contributed by atoms with van der Waals surface area (Å²) in [5.74, 6) is -3.15. The highest BCUT2D eigenvalue weighted by molar-refractivity contribution is 6.23. The molecule has 1 fully saturated rings.